The number of nitrogens with two attached hydrogens (primary N) is 1. The summed E-state index contributed by atoms with van der Waals surface area (Å²) in [5.74, 6) is -0.242. The highest BCUT2D eigenvalue weighted by atomic mass is 19.1. The minimum atomic E-state index is -0.254. The van der Waals surface area contributed by atoms with Crippen LogP contribution in [0.15, 0.2) is 30.0 Å². The van der Waals surface area contributed by atoms with Crippen LogP contribution in [0, 0.1) is 12.7 Å². The molecule has 0 amide bonds. The third-order valence-corrected chi connectivity index (χ3v) is 2.94. The SMILES string of the molecule is Cc1ccc(F)cc1C(N)C1=COCCC1. The Balaban J connectivity index is 2.29. The van der Waals surface area contributed by atoms with Crippen LogP contribution in [-0.2, 0) is 4.74 Å². The molecule has 16 heavy (non-hydrogen) atoms. The minimum absolute atomic E-state index is 0.242. The van der Waals surface area contributed by atoms with E-state index in [4.69, 9.17) is 10.5 Å². The van der Waals surface area contributed by atoms with E-state index in [0.29, 0.717) is 0 Å². The van der Waals surface area contributed by atoms with Gasteiger partial charge in [-0.2, -0.15) is 0 Å². The highest BCUT2D eigenvalue weighted by Gasteiger charge is 2.17. The Morgan fingerprint density at radius 3 is 2.94 bits per heavy atom. The van der Waals surface area contributed by atoms with Crippen LogP contribution in [0.2, 0.25) is 0 Å². The van der Waals surface area contributed by atoms with E-state index >= 15 is 0 Å². The van der Waals surface area contributed by atoms with E-state index in [1.165, 1.54) is 12.1 Å². The molecule has 1 atom stereocenters. The second-order valence-corrected chi connectivity index (χ2v) is 4.15. The summed E-state index contributed by atoms with van der Waals surface area (Å²) in [4.78, 5) is 0. The zero-order valence-electron chi connectivity index (χ0n) is 9.37. The van der Waals surface area contributed by atoms with Crippen molar-refractivity contribution in [1.82, 2.24) is 0 Å². The number of rotatable bonds is 2. The molecule has 2 N–H and O–H groups in total. The lowest BCUT2D eigenvalue weighted by molar-refractivity contribution is 0.221. The Labute approximate surface area is 94.9 Å². The maximum absolute atomic E-state index is 13.2. The largest absolute Gasteiger partial charge is 0.501 e. The molecule has 1 aliphatic rings. The Kier molecular flexibility index (Phi) is 3.25. The lowest BCUT2D eigenvalue weighted by Gasteiger charge is -2.21. The first-order chi connectivity index (χ1) is 7.68. The second kappa shape index (κ2) is 4.66. The molecule has 1 aromatic carbocycles. The van der Waals surface area contributed by atoms with Gasteiger partial charge in [-0.1, -0.05) is 6.07 Å². The molecule has 2 rings (SSSR count). The molecule has 3 heteroatoms. The molecule has 0 saturated heterocycles. The molecule has 2 nitrogen and oxygen atoms in total. The fraction of sp³-hybridized carbons (Fsp3) is 0.385. The van der Waals surface area contributed by atoms with E-state index in [2.05, 4.69) is 0 Å². The zero-order chi connectivity index (χ0) is 11.5. The molecular weight excluding hydrogens is 205 g/mol. The van der Waals surface area contributed by atoms with Crippen molar-refractivity contribution in [3.63, 3.8) is 0 Å². The molecule has 1 unspecified atom stereocenters. The van der Waals surface area contributed by atoms with Gasteiger partial charge in [-0.3, -0.25) is 0 Å². The third kappa shape index (κ3) is 2.25. The third-order valence-electron chi connectivity index (χ3n) is 2.94. The fourth-order valence-corrected chi connectivity index (χ4v) is 1.96. The topological polar surface area (TPSA) is 35.2 Å². The average Bonchev–Trinajstić information content (AvgIpc) is 2.32. The first-order valence-corrected chi connectivity index (χ1v) is 5.50. The maximum atomic E-state index is 13.2. The van der Waals surface area contributed by atoms with Crippen molar-refractivity contribution in [1.29, 1.82) is 0 Å². The van der Waals surface area contributed by atoms with Gasteiger partial charge in [0.2, 0.25) is 0 Å². The number of hydrogen-bond acceptors (Lipinski definition) is 2. The van der Waals surface area contributed by atoms with Crippen LogP contribution in [-0.4, -0.2) is 6.61 Å². The lowest BCUT2D eigenvalue weighted by atomic mass is 9.93. The summed E-state index contributed by atoms with van der Waals surface area (Å²) in [6.07, 6.45) is 3.63. The summed E-state index contributed by atoms with van der Waals surface area (Å²) in [7, 11) is 0. The predicted octanol–water partition coefficient (Wildman–Crippen LogP) is 2.83. The normalized spacial score (nSPS) is 17.6. The van der Waals surface area contributed by atoms with E-state index in [0.717, 1.165) is 36.1 Å². The van der Waals surface area contributed by atoms with Crippen molar-refractivity contribution in [3.05, 3.63) is 47.0 Å². The molecule has 0 saturated carbocycles. The quantitative estimate of drug-likeness (QED) is 0.833. The molecule has 1 aromatic rings. The lowest BCUT2D eigenvalue weighted by Crippen LogP contribution is -2.17. The maximum Gasteiger partial charge on any atom is 0.123 e. The Morgan fingerprint density at radius 1 is 1.44 bits per heavy atom. The molecule has 1 heterocycles. The Bertz CT molecular complexity index is 414. The van der Waals surface area contributed by atoms with Crippen LogP contribution in [0.4, 0.5) is 4.39 Å². The molecule has 86 valence electrons. The first kappa shape index (κ1) is 11.1. The van der Waals surface area contributed by atoms with Gasteiger partial charge in [-0.05, 0) is 48.6 Å². The van der Waals surface area contributed by atoms with Gasteiger partial charge in [-0.25, -0.2) is 4.39 Å². The number of halogens is 1. The van der Waals surface area contributed by atoms with Crippen molar-refractivity contribution in [2.24, 2.45) is 5.73 Å². The molecule has 0 aliphatic carbocycles. The highest BCUT2D eigenvalue weighted by Crippen LogP contribution is 2.27. The number of hydrogen-bond donors (Lipinski definition) is 1. The van der Waals surface area contributed by atoms with Crippen molar-refractivity contribution in [2.75, 3.05) is 6.61 Å². The van der Waals surface area contributed by atoms with Crippen molar-refractivity contribution in [3.8, 4) is 0 Å². The highest BCUT2D eigenvalue weighted by molar-refractivity contribution is 5.34. The monoisotopic (exact) mass is 221 g/mol. The van der Waals surface area contributed by atoms with Crippen LogP contribution in [0.5, 0.6) is 0 Å². The van der Waals surface area contributed by atoms with Gasteiger partial charge in [0.1, 0.15) is 5.82 Å². The van der Waals surface area contributed by atoms with E-state index < -0.39 is 0 Å². The van der Waals surface area contributed by atoms with Crippen molar-refractivity contribution >= 4 is 0 Å². The standard InChI is InChI=1S/C13H16FNO/c1-9-4-5-11(14)7-12(9)13(15)10-3-2-6-16-8-10/h4-5,7-8,13H,2-3,6,15H2,1H3. The van der Waals surface area contributed by atoms with Gasteiger partial charge in [-0.15, -0.1) is 0 Å². The average molecular weight is 221 g/mol. The first-order valence-electron chi connectivity index (χ1n) is 5.50. The van der Waals surface area contributed by atoms with E-state index in [1.54, 1.807) is 12.3 Å². The van der Waals surface area contributed by atoms with Crippen LogP contribution in [0.1, 0.15) is 30.0 Å². The molecule has 1 aliphatic heterocycles. The van der Waals surface area contributed by atoms with Crippen LogP contribution in [0.25, 0.3) is 0 Å². The zero-order valence-corrected chi connectivity index (χ0v) is 9.37. The van der Waals surface area contributed by atoms with Crippen LogP contribution in [0.3, 0.4) is 0 Å². The summed E-state index contributed by atoms with van der Waals surface area (Å²) in [6, 6.07) is 4.47. The Hall–Kier alpha value is -1.35. The van der Waals surface area contributed by atoms with Crippen molar-refractivity contribution in [2.45, 2.75) is 25.8 Å². The summed E-state index contributed by atoms with van der Waals surface area (Å²) in [6.45, 7) is 2.69. The van der Waals surface area contributed by atoms with Gasteiger partial charge >= 0.3 is 0 Å². The second-order valence-electron chi connectivity index (χ2n) is 4.15. The molecule has 0 fully saturated rings. The fourth-order valence-electron chi connectivity index (χ4n) is 1.96. The molecular formula is C13H16FNO. The van der Waals surface area contributed by atoms with Crippen LogP contribution < -0.4 is 5.73 Å². The van der Waals surface area contributed by atoms with Gasteiger partial charge < -0.3 is 10.5 Å². The number of aryl methyl sites for hydroxylation is 1. The van der Waals surface area contributed by atoms with Gasteiger partial charge in [0.15, 0.2) is 0 Å². The summed E-state index contributed by atoms with van der Waals surface area (Å²) in [5, 5.41) is 0. The van der Waals surface area contributed by atoms with Gasteiger partial charge in [0, 0.05) is 0 Å². The summed E-state index contributed by atoms with van der Waals surface area (Å²) >= 11 is 0. The minimum Gasteiger partial charge on any atom is -0.501 e. The summed E-state index contributed by atoms with van der Waals surface area (Å²) < 4.78 is 18.4. The van der Waals surface area contributed by atoms with E-state index in [1.807, 2.05) is 6.92 Å². The van der Waals surface area contributed by atoms with E-state index in [9.17, 15) is 4.39 Å². The van der Waals surface area contributed by atoms with Gasteiger partial charge in [0.05, 0.1) is 18.9 Å². The van der Waals surface area contributed by atoms with E-state index in [-0.39, 0.29) is 11.9 Å². The Morgan fingerprint density at radius 2 is 2.25 bits per heavy atom. The van der Waals surface area contributed by atoms with Crippen molar-refractivity contribution < 1.29 is 9.13 Å². The molecule has 0 radical (unpaired) electrons. The molecule has 0 bridgehead atoms. The summed E-state index contributed by atoms with van der Waals surface area (Å²) in [5.41, 5.74) is 9.02. The molecule has 0 spiro atoms. The number of benzene rings is 1. The van der Waals surface area contributed by atoms with Crippen LogP contribution >= 0.6 is 0 Å². The van der Waals surface area contributed by atoms with Gasteiger partial charge in [0.25, 0.3) is 0 Å². The smallest absolute Gasteiger partial charge is 0.123 e. The molecule has 0 aromatic heterocycles. The predicted molar refractivity (Wildman–Crippen MR) is 61.3 cm³/mol. The number of ether oxygens (including phenoxy) is 1.